The molecule has 3 rings (SSSR count). The van der Waals surface area contributed by atoms with Gasteiger partial charge in [0.2, 0.25) is 0 Å². The van der Waals surface area contributed by atoms with Crippen molar-refractivity contribution in [1.82, 2.24) is 9.99 Å². The van der Waals surface area contributed by atoms with E-state index in [0.717, 1.165) is 31.6 Å². The fourth-order valence-electron chi connectivity index (χ4n) is 2.76. The van der Waals surface area contributed by atoms with Crippen molar-refractivity contribution in [1.29, 1.82) is 0 Å². The van der Waals surface area contributed by atoms with Crippen molar-refractivity contribution in [3.05, 3.63) is 86.1 Å². The monoisotopic (exact) mass is 473 g/mol. The Morgan fingerprint density at radius 2 is 1.77 bits per heavy atom. The van der Waals surface area contributed by atoms with Crippen molar-refractivity contribution in [3.8, 4) is 5.69 Å². The number of nitrogens with one attached hydrogen (secondary N) is 1. The maximum Gasteiger partial charge on any atom is 0.271 e. The average Bonchev–Trinajstić information content (AvgIpc) is 2.89. The van der Waals surface area contributed by atoms with Crippen molar-refractivity contribution < 1.29 is 4.79 Å². The molecule has 0 aliphatic heterocycles. The summed E-state index contributed by atoms with van der Waals surface area (Å²) in [7, 11) is 0. The first-order valence-electron chi connectivity index (χ1n) is 7.99. The van der Waals surface area contributed by atoms with Gasteiger partial charge in [-0.05, 0) is 62.4 Å². The number of benzene rings is 2. The number of amides is 1. The highest BCUT2D eigenvalue weighted by atomic mass is 79.9. The second-order valence-corrected chi connectivity index (χ2v) is 7.68. The summed E-state index contributed by atoms with van der Waals surface area (Å²) in [5.41, 5.74) is 7.32. The van der Waals surface area contributed by atoms with Crippen molar-refractivity contribution in [2.24, 2.45) is 5.10 Å². The van der Waals surface area contributed by atoms with Gasteiger partial charge in [0.15, 0.2) is 0 Å². The van der Waals surface area contributed by atoms with E-state index < -0.39 is 0 Å². The predicted molar refractivity (Wildman–Crippen MR) is 112 cm³/mol. The first-order chi connectivity index (χ1) is 12.5. The summed E-state index contributed by atoms with van der Waals surface area (Å²) in [5, 5.41) is 4.11. The lowest BCUT2D eigenvalue weighted by Crippen LogP contribution is -2.17. The van der Waals surface area contributed by atoms with Crippen molar-refractivity contribution in [2.45, 2.75) is 13.8 Å². The Balaban J connectivity index is 1.78. The number of rotatable bonds is 4. The van der Waals surface area contributed by atoms with Crippen LogP contribution in [0.1, 0.15) is 27.3 Å². The molecule has 0 spiro atoms. The Morgan fingerprint density at radius 1 is 1.04 bits per heavy atom. The van der Waals surface area contributed by atoms with Gasteiger partial charge in [0.1, 0.15) is 0 Å². The van der Waals surface area contributed by atoms with Crippen LogP contribution in [0.3, 0.4) is 0 Å². The molecule has 4 nitrogen and oxygen atoms in total. The third-order valence-corrected chi connectivity index (χ3v) is 5.03. The van der Waals surface area contributed by atoms with Gasteiger partial charge in [-0.25, -0.2) is 5.43 Å². The number of carbonyl (C=O) groups is 1. The summed E-state index contributed by atoms with van der Waals surface area (Å²) in [6, 6.07) is 17.3. The van der Waals surface area contributed by atoms with Gasteiger partial charge in [-0.3, -0.25) is 4.79 Å². The molecule has 0 saturated heterocycles. The van der Waals surface area contributed by atoms with Gasteiger partial charge < -0.3 is 4.57 Å². The molecule has 132 valence electrons. The normalized spacial score (nSPS) is 11.1. The molecule has 0 aliphatic rings. The van der Waals surface area contributed by atoms with Gasteiger partial charge in [-0.2, -0.15) is 5.10 Å². The summed E-state index contributed by atoms with van der Waals surface area (Å²) in [6.07, 6.45) is 1.67. The van der Waals surface area contributed by atoms with Crippen LogP contribution < -0.4 is 5.43 Å². The number of carbonyl (C=O) groups excluding carboxylic acids is 1. The number of hydrogen-bond acceptors (Lipinski definition) is 2. The zero-order valence-electron chi connectivity index (χ0n) is 14.3. The standard InChI is InChI=1S/C20H17Br2N3O/c1-13-10-16(14(2)25(13)19-5-3-4-18(22)11-19)12-23-24-20(26)15-6-8-17(21)9-7-15/h3-12H,1-2H3,(H,24,26)/b23-12-. The van der Waals surface area contributed by atoms with E-state index in [1.54, 1.807) is 18.3 Å². The first kappa shape index (κ1) is 18.6. The largest absolute Gasteiger partial charge is 0.318 e. The van der Waals surface area contributed by atoms with Gasteiger partial charge >= 0.3 is 0 Å². The molecular weight excluding hydrogens is 458 g/mol. The molecule has 1 amide bonds. The summed E-state index contributed by atoms with van der Waals surface area (Å²) >= 11 is 6.86. The summed E-state index contributed by atoms with van der Waals surface area (Å²) in [4.78, 5) is 12.1. The van der Waals surface area contributed by atoms with E-state index in [0.29, 0.717) is 5.56 Å². The van der Waals surface area contributed by atoms with Crippen LogP contribution in [0, 0.1) is 13.8 Å². The van der Waals surface area contributed by atoms with Crippen LogP contribution in [0.4, 0.5) is 0 Å². The van der Waals surface area contributed by atoms with Gasteiger partial charge in [-0.15, -0.1) is 0 Å². The van der Waals surface area contributed by atoms with Crippen LogP contribution in [-0.4, -0.2) is 16.7 Å². The van der Waals surface area contributed by atoms with Crippen LogP contribution in [0.25, 0.3) is 5.69 Å². The van der Waals surface area contributed by atoms with Crippen LogP contribution in [0.2, 0.25) is 0 Å². The highest BCUT2D eigenvalue weighted by molar-refractivity contribution is 9.10. The third-order valence-electron chi connectivity index (χ3n) is 4.01. The van der Waals surface area contributed by atoms with E-state index in [9.17, 15) is 4.79 Å². The minimum absolute atomic E-state index is 0.241. The molecule has 3 aromatic rings. The third kappa shape index (κ3) is 4.14. The zero-order chi connectivity index (χ0) is 18.7. The van der Waals surface area contributed by atoms with E-state index >= 15 is 0 Å². The fourth-order valence-corrected chi connectivity index (χ4v) is 3.41. The number of nitrogens with zero attached hydrogens (tertiary/aromatic N) is 2. The molecule has 1 aromatic heterocycles. The lowest BCUT2D eigenvalue weighted by atomic mass is 10.2. The topological polar surface area (TPSA) is 46.4 Å². The number of aryl methyl sites for hydroxylation is 1. The van der Waals surface area contributed by atoms with Crippen molar-refractivity contribution >= 4 is 44.0 Å². The second-order valence-electron chi connectivity index (χ2n) is 5.85. The number of aromatic nitrogens is 1. The van der Waals surface area contributed by atoms with E-state index in [1.807, 2.05) is 44.2 Å². The number of hydrazone groups is 1. The Kier molecular flexibility index (Phi) is 5.74. The molecule has 0 aliphatic carbocycles. The fraction of sp³-hybridized carbons (Fsp3) is 0.100. The van der Waals surface area contributed by atoms with Crippen LogP contribution >= 0.6 is 31.9 Å². The molecule has 0 radical (unpaired) electrons. The van der Waals surface area contributed by atoms with Crippen molar-refractivity contribution in [3.63, 3.8) is 0 Å². The van der Waals surface area contributed by atoms with Gasteiger partial charge in [0.05, 0.1) is 6.21 Å². The molecule has 0 bridgehead atoms. The molecule has 1 heterocycles. The molecule has 2 aromatic carbocycles. The Bertz CT molecular complexity index is 975. The van der Waals surface area contributed by atoms with Crippen LogP contribution in [-0.2, 0) is 0 Å². The van der Waals surface area contributed by atoms with E-state index in [2.05, 4.69) is 59.1 Å². The lowest BCUT2D eigenvalue weighted by Gasteiger charge is -2.09. The number of halogens is 2. The zero-order valence-corrected chi connectivity index (χ0v) is 17.5. The molecule has 0 fully saturated rings. The lowest BCUT2D eigenvalue weighted by molar-refractivity contribution is 0.0955. The minimum Gasteiger partial charge on any atom is -0.318 e. The minimum atomic E-state index is -0.241. The maximum absolute atomic E-state index is 12.1. The van der Waals surface area contributed by atoms with Crippen LogP contribution in [0.5, 0.6) is 0 Å². The summed E-state index contributed by atoms with van der Waals surface area (Å²) in [6.45, 7) is 4.08. The van der Waals surface area contributed by atoms with E-state index in [1.165, 1.54) is 0 Å². The molecule has 6 heteroatoms. The van der Waals surface area contributed by atoms with Gasteiger partial charge in [0.25, 0.3) is 5.91 Å². The highest BCUT2D eigenvalue weighted by Crippen LogP contribution is 2.22. The smallest absolute Gasteiger partial charge is 0.271 e. The van der Waals surface area contributed by atoms with E-state index in [4.69, 9.17) is 0 Å². The summed E-state index contributed by atoms with van der Waals surface area (Å²) in [5.74, 6) is -0.241. The molecule has 0 saturated carbocycles. The Morgan fingerprint density at radius 3 is 2.46 bits per heavy atom. The first-order valence-corrected chi connectivity index (χ1v) is 9.58. The Labute approximate surface area is 169 Å². The van der Waals surface area contributed by atoms with Crippen LogP contribution in [0.15, 0.2) is 68.6 Å². The quantitative estimate of drug-likeness (QED) is 0.400. The second kappa shape index (κ2) is 8.01. The maximum atomic E-state index is 12.1. The predicted octanol–water partition coefficient (Wildman–Crippen LogP) is 5.38. The van der Waals surface area contributed by atoms with Crippen molar-refractivity contribution in [2.75, 3.05) is 0 Å². The molecule has 1 N–H and O–H groups in total. The number of hydrogen-bond donors (Lipinski definition) is 1. The molecular formula is C20H17Br2N3O. The van der Waals surface area contributed by atoms with Gasteiger partial charge in [0, 0.05) is 37.1 Å². The molecule has 0 unspecified atom stereocenters. The average molecular weight is 475 g/mol. The molecule has 0 atom stereocenters. The Hall–Kier alpha value is -2.18. The summed E-state index contributed by atoms with van der Waals surface area (Å²) < 4.78 is 4.11. The highest BCUT2D eigenvalue weighted by Gasteiger charge is 2.10. The van der Waals surface area contributed by atoms with Gasteiger partial charge in [-0.1, -0.05) is 37.9 Å². The van der Waals surface area contributed by atoms with E-state index in [-0.39, 0.29) is 5.91 Å². The SMILES string of the molecule is Cc1cc(/C=N\NC(=O)c2ccc(Br)cc2)c(C)n1-c1cccc(Br)c1. The molecule has 26 heavy (non-hydrogen) atoms.